The summed E-state index contributed by atoms with van der Waals surface area (Å²) in [6, 6.07) is 9.08. The number of benzene rings is 1. The molecule has 0 spiro atoms. The lowest BCUT2D eigenvalue weighted by Gasteiger charge is -2.13. The van der Waals surface area contributed by atoms with Gasteiger partial charge >= 0.3 is 0 Å². The average Bonchev–Trinajstić information content (AvgIpc) is 2.89. The second kappa shape index (κ2) is 5.83. The molecule has 1 amide bonds. The third-order valence-corrected chi connectivity index (χ3v) is 3.40. The molecule has 2 aliphatic rings. The first-order valence-corrected chi connectivity index (χ1v) is 6.93. The highest BCUT2D eigenvalue weighted by atomic mass is 16.5. The number of nitrogens with one attached hydrogen (secondary N) is 2. The first-order valence-electron chi connectivity index (χ1n) is 6.93. The number of hydrogen-bond acceptors (Lipinski definition) is 4. The quantitative estimate of drug-likeness (QED) is 0.879. The lowest BCUT2D eigenvalue weighted by atomic mass is 10.1. The Morgan fingerprint density at radius 1 is 1.29 bits per heavy atom. The van der Waals surface area contributed by atoms with Gasteiger partial charge in [-0.1, -0.05) is 18.2 Å². The van der Waals surface area contributed by atoms with Gasteiger partial charge in [-0.15, -0.1) is 0 Å². The summed E-state index contributed by atoms with van der Waals surface area (Å²) in [6.07, 6.45) is 4.04. The fourth-order valence-electron chi connectivity index (χ4n) is 2.33. The van der Waals surface area contributed by atoms with Crippen LogP contribution in [0.15, 0.2) is 53.9 Å². The van der Waals surface area contributed by atoms with Gasteiger partial charge < -0.3 is 15.4 Å². The van der Waals surface area contributed by atoms with Gasteiger partial charge in [-0.05, 0) is 24.3 Å². The van der Waals surface area contributed by atoms with Crippen molar-refractivity contribution in [1.82, 2.24) is 10.6 Å². The smallest absolute Gasteiger partial charge is 0.251 e. The number of carbonyl (C=O) groups is 2. The first kappa shape index (κ1) is 13.4. The van der Waals surface area contributed by atoms with Gasteiger partial charge in [0.1, 0.15) is 5.76 Å². The fraction of sp³-hybridized carbons (Fsp3) is 0.250. The summed E-state index contributed by atoms with van der Waals surface area (Å²) < 4.78 is 5.67. The van der Waals surface area contributed by atoms with E-state index in [0.29, 0.717) is 30.7 Å². The largest absolute Gasteiger partial charge is 0.472 e. The van der Waals surface area contributed by atoms with Crippen molar-refractivity contribution >= 4 is 11.7 Å². The van der Waals surface area contributed by atoms with Crippen molar-refractivity contribution in [3.8, 4) is 0 Å². The van der Waals surface area contributed by atoms with Crippen LogP contribution in [0.1, 0.15) is 23.2 Å². The molecule has 3 rings (SSSR count). The Bertz CT molecular complexity index is 620. The Labute approximate surface area is 122 Å². The molecule has 0 radical (unpaired) electrons. The molecule has 108 valence electrons. The molecular formula is C16H16N2O3. The molecule has 1 aliphatic heterocycles. The minimum absolute atomic E-state index is 0.0496. The van der Waals surface area contributed by atoms with E-state index in [1.807, 2.05) is 18.2 Å². The van der Waals surface area contributed by atoms with Gasteiger partial charge in [-0.2, -0.15) is 0 Å². The number of hydrogen-bond donors (Lipinski definition) is 2. The second-order valence-electron chi connectivity index (χ2n) is 4.97. The van der Waals surface area contributed by atoms with Gasteiger partial charge in [0.2, 0.25) is 0 Å². The number of ether oxygens (including phenoxy) is 1. The molecule has 1 heterocycles. The topological polar surface area (TPSA) is 67.4 Å². The van der Waals surface area contributed by atoms with E-state index in [2.05, 4.69) is 10.6 Å². The molecule has 0 saturated carbocycles. The van der Waals surface area contributed by atoms with Crippen molar-refractivity contribution in [2.24, 2.45) is 0 Å². The summed E-state index contributed by atoms with van der Waals surface area (Å²) in [4.78, 5) is 23.2. The van der Waals surface area contributed by atoms with E-state index in [-0.39, 0.29) is 17.9 Å². The summed E-state index contributed by atoms with van der Waals surface area (Å²) in [5.41, 5.74) is 1.51. The summed E-state index contributed by atoms with van der Waals surface area (Å²) in [7, 11) is 0. The molecule has 0 bridgehead atoms. The van der Waals surface area contributed by atoms with Crippen LogP contribution in [0.3, 0.4) is 0 Å². The van der Waals surface area contributed by atoms with E-state index in [1.54, 1.807) is 24.3 Å². The van der Waals surface area contributed by atoms with Crippen LogP contribution in [0.2, 0.25) is 0 Å². The molecule has 21 heavy (non-hydrogen) atoms. The molecule has 0 saturated heterocycles. The fourth-order valence-corrected chi connectivity index (χ4v) is 2.33. The number of rotatable bonds is 4. The average molecular weight is 284 g/mol. The minimum atomic E-state index is -0.193. The number of carbonyl (C=O) groups excluding carboxylic acids is 2. The summed E-state index contributed by atoms with van der Waals surface area (Å²) in [6.45, 7) is 0.504. The molecule has 1 unspecified atom stereocenters. The van der Waals surface area contributed by atoms with Crippen LogP contribution in [-0.4, -0.2) is 24.5 Å². The predicted molar refractivity (Wildman–Crippen MR) is 77.2 cm³/mol. The molecule has 2 N–H and O–H groups in total. The predicted octanol–water partition coefficient (Wildman–Crippen LogP) is 1.49. The van der Waals surface area contributed by atoms with Crippen molar-refractivity contribution < 1.29 is 14.3 Å². The highest BCUT2D eigenvalue weighted by Gasteiger charge is 2.26. The molecule has 1 aromatic rings. The van der Waals surface area contributed by atoms with E-state index in [1.165, 1.54) is 0 Å². The summed E-state index contributed by atoms with van der Waals surface area (Å²) >= 11 is 0. The van der Waals surface area contributed by atoms with E-state index in [0.717, 1.165) is 5.70 Å². The highest BCUT2D eigenvalue weighted by Crippen LogP contribution is 2.24. The molecule has 1 aromatic carbocycles. The third-order valence-electron chi connectivity index (χ3n) is 3.40. The Hall–Kier alpha value is -2.56. The second-order valence-corrected chi connectivity index (χ2v) is 4.97. The number of ketones is 1. The zero-order chi connectivity index (χ0) is 14.7. The molecular weight excluding hydrogens is 268 g/mol. The maximum absolute atomic E-state index is 11.9. The Morgan fingerprint density at radius 3 is 2.90 bits per heavy atom. The van der Waals surface area contributed by atoms with Crippen molar-refractivity contribution in [3.63, 3.8) is 0 Å². The molecule has 0 fully saturated rings. The monoisotopic (exact) mass is 284 g/mol. The van der Waals surface area contributed by atoms with E-state index in [9.17, 15) is 9.59 Å². The molecule has 0 aromatic heterocycles. The summed E-state index contributed by atoms with van der Waals surface area (Å²) in [5, 5.41) is 6.05. The van der Waals surface area contributed by atoms with Crippen molar-refractivity contribution in [2.75, 3.05) is 6.54 Å². The van der Waals surface area contributed by atoms with Gasteiger partial charge in [0.05, 0.1) is 12.1 Å². The van der Waals surface area contributed by atoms with Gasteiger partial charge in [-0.3, -0.25) is 9.59 Å². The van der Waals surface area contributed by atoms with Crippen LogP contribution < -0.4 is 10.6 Å². The Balaban J connectivity index is 1.45. The standard InChI is InChI=1S/C16H16N2O3/c19-12-6-7-13-14(10-12)21-15(18-13)8-9-17-16(20)11-4-2-1-3-5-11/h1-7,15,18H,8-10H2,(H,17,20). The zero-order valence-electron chi connectivity index (χ0n) is 11.5. The van der Waals surface area contributed by atoms with Crippen LogP contribution in [0, 0.1) is 0 Å². The lowest BCUT2D eigenvalue weighted by molar-refractivity contribution is -0.114. The first-order chi connectivity index (χ1) is 10.2. The number of amides is 1. The van der Waals surface area contributed by atoms with Gasteiger partial charge in [0, 0.05) is 18.5 Å². The van der Waals surface area contributed by atoms with Gasteiger partial charge in [0.15, 0.2) is 12.0 Å². The summed E-state index contributed by atoms with van der Waals surface area (Å²) in [5.74, 6) is 0.650. The van der Waals surface area contributed by atoms with Crippen molar-refractivity contribution in [1.29, 1.82) is 0 Å². The maximum atomic E-state index is 11.9. The van der Waals surface area contributed by atoms with E-state index < -0.39 is 0 Å². The minimum Gasteiger partial charge on any atom is -0.472 e. The lowest BCUT2D eigenvalue weighted by Crippen LogP contribution is -2.31. The Morgan fingerprint density at radius 2 is 2.10 bits per heavy atom. The van der Waals surface area contributed by atoms with Crippen LogP contribution in [0.25, 0.3) is 0 Å². The molecule has 1 aliphatic carbocycles. The highest BCUT2D eigenvalue weighted by molar-refractivity contribution is 5.94. The van der Waals surface area contributed by atoms with Crippen LogP contribution in [-0.2, 0) is 9.53 Å². The van der Waals surface area contributed by atoms with Crippen LogP contribution in [0.4, 0.5) is 0 Å². The van der Waals surface area contributed by atoms with E-state index in [4.69, 9.17) is 4.74 Å². The molecule has 1 atom stereocenters. The Kier molecular flexibility index (Phi) is 3.73. The van der Waals surface area contributed by atoms with Crippen LogP contribution in [0.5, 0.6) is 0 Å². The van der Waals surface area contributed by atoms with Crippen LogP contribution >= 0.6 is 0 Å². The van der Waals surface area contributed by atoms with Gasteiger partial charge in [0.25, 0.3) is 5.91 Å². The maximum Gasteiger partial charge on any atom is 0.251 e. The number of allylic oxidation sites excluding steroid dienone is 3. The third kappa shape index (κ3) is 3.13. The van der Waals surface area contributed by atoms with E-state index >= 15 is 0 Å². The normalized spacial score (nSPS) is 19.8. The van der Waals surface area contributed by atoms with Gasteiger partial charge in [-0.25, -0.2) is 0 Å². The SMILES string of the molecule is O=C1C=CC2=C(C1)OC(CCNC(=O)c1ccccc1)N2. The molecule has 5 heteroatoms. The van der Waals surface area contributed by atoms with Crippen molar-refractivity contribution in [3.05, 3.63) is 59.5 Å². The zero-order valence-corrected chi connectivity index (χ0v) is 11.5. The van der Waals surface area contributed by atoms with Crippen molar-refractivity contribution in [2.45, 2.75) is 19.1 Å². The molecule has 5 nitrogen and oxygen atoms in total.